The van der Waals surface area contributed by atoms with Gasteiger partial charge in [0.25, 0.3) is 0 Å². The van der Waals surface area contributed by atoms with Crippen LogP contribution in [-0.4, -0.2) is 47.7 Å². The van der Waals surface area contributed by atoms with E-state index < -0.39 is 0 Å². The fraction of sp³-hybridized carbons (Fsp3) is 0.556. The Balaban J connectivity index is 2.46. The van der Waals surface area contributed by atoms with Gasteiger partial charge in [0.15, 0.2) is 5.16 Å². The van der Waals surface area contributed by atoms with Crippen molar-refractivity contribution in [3.8, 4) is 0 Å². The maximum atomic E-state index is 8.53. The first-order valence-corrected chi connectivity index (χ1v) is 6.34. The molecule has 0 amide bonds. The Morgan fingerprint density at radius 3 is 2.82 bits per heavy atom. The summed E-state index contributed by atoms with van der Waals surface area (Å²) in [4.78, 5) is 8.40. The third-order valence-corrected chi connectivity index (χ3v) is 2.37. The number of nitrogens with zero attached hydrogens (tertiary/aromatic N) is 2. The van der Waals surface area contributed by atoms with Gasteiger partial charge in [0.1, 0.15) is 11.6 Å². The van der Waals surface area contributed by atoms with E-state index in [-0.39, 0.29) is 6.61 Å². The van der Waals surface area contributed by atoms with Gasteiger partial charge in [-0.2, -0.15) is 0 Å². The van der Waals surface area contributed by atoms with Crippen molar-refractivity contribution in [1.82, 2.24) is 9.97 Å². The van der Waals surface area contributed by atoms with Crippen molar-refractivity contribution in [3.63, 3.8) is 0 Å². The minimum Gasteiger partial charge on any atom is -0.394 e. The molecule has 0 fully saturated rings. The standard InChI is InChI=1S/C9H17N5O2S/c1-17-9-12-7(6-8(13-9)14-10)11-2-4-16-5-3-15/h6,15H,2-5,10H2,1H3,(H2,11,12,13,14). The number of aliphatic hydroxyl groups excluding tert-OH is 1. The number of thioether (sulfide) groups is 1. The van der Waals surface area contributed by atoms with E-state index in [9.17, 15) is 0 Å². The van der Waals surface area contributed by atoms with E-state index in [0.717, 1.165) is 0 Å². The highest BCUT2D eigenvalue weighted by atomic mass is 32.2. The van der Waals surface area contributed by atoms with Gasteiger partial charge < -0.3 is 20.6 Å². The number of anilines is 2. The Morgan fingerprint density at radius 2 is 2.18 bits per heavy atom. The number of hydrogen-bond acceptors (Lipinski definition) is 8. The molecule has 5 N–H and O–H groups in total. The molecule has 1 heterocycles. The predicted octanol–water partition coefficient (Wildman–Crippen LogP) is -0.0951. The largest absolute Gasteiger partial charge is 0.394 e. The van der Waals surface area contributed by atoms with E-state index in [2.05, 4.69) is 20.7 Å². The van der Waals surface area contributed by atoms with Crippen molar-refractivity contribution in [2.45, 2.75) is 5.16 Å². The number of hydrogen-bond donors (Lipinski definition) is 4. The highest BCUT2D eigenvalue weighted by Gasteiger charge is 2.02. The summed E-state index contributed by atoms with van der Waals surface area (Å²) in [5.74, 6) is 6.55. The molecule has 0 aliphatic heterocycles. The number of aliphatic hydroxyl groups is 1. The lowest BCUT2D eigenvalue weighted by Gasteiger charge is -2.08. The number of rotatable bonds is 8. The summed E-state index contributed by atoms with van der Waals surface area (Å²) >= 11 is 1.44. The SMILES string of the molecule is CSc1nc(NN)cc(NCCOCCO)n1. The maximum absolute atomic E-state index is 8.53. The van der Waals surface area contributed by atoms with Gasteiger partial charge in [-0.15, -0.1) is 0 Å². The Hall–Kier alpha value is -1.09. The number of nitrogens with two attached hydrogens (primary N) is 1. The fourth-order valence-electron chi connectivity index (χ4n) is 1.10. The van der Waals surface area contributed by atoms with Crippen molar-refractivity contribution in [1.29, 1.82) is 0 Å². The van der Waals surface area contributed by atoms with Crippen LogP contribution in [0.25, 0.3) is 0 Å². The fourth-order valence-corrected chi connectivity index (χ4v) is 1.48. The average Bonchev–Trinajstić information content (AvgIpc) is 2.38. The first-order valence-electron chi connectivity index (χ1n) is 5.12. The molecule has 1 aromatic rings. The summed E-state index contributed by atoms with van der Waals surface area (Å²) in [7, 11) is 0. The van der Waals surface area contributed by atoms with Gasteiger partial charge in [0.05, 0.1) is 19.8 Å². The molecule has 0 saturated heterocycles. The Kier molecular flexibility index (Phi) is 6.63. The van der Waals surface area contributed by atoms with Crippen molar-refractivity contribution in [2.24, 2.45) is 5.84 Å². The van der Waals surface area contributed by atoms with Gasteiger partial charge in [-0.3, -0.25) is 0 Å². The van der Waals surface area contributed by atoms with Crippen LogP contribution in [0.5, 0.6) is 0 Å². The number of hydrazine groups is 1. The number of aromatic nitrogens is 2. The van der Waals surface area contributed by atoms with E-state index >= 15 is 0 Å². The van der Waals surface area contributed by atoms with Gasteiger partial charge in [-0.05, 0) is 6.26 Å². The first kappa shape index (κ1) is 14.0. The molecule has 7 nitrogen and oxygen atoms in total. The van der Waals surface area contributed by atoms with E-state index in [1.54, 1.807) is 6.07 Å². The van der Waals surface area contributed by atoms with Crippen LogP contribution in [0.2, 0.25) is 0 Å². The number of ether oxygens (including phenoxy) is 1. The minimum absolute atomic E-state index is 0.0331. The van der Waals surface area contributed by atoms with Crippen molar-refractivity contribution in [3.05, 3.63) is 6.07 Å². The zero-order valence-corrected chi connectivity index (χ0v) is 10.5. The molecule has 0 aliphatic carbocycles. The molecule has 0 atom stereocenters. The molecule has 0 aromatic carbocycles. The Morgan fingerprint density at radius 1 is 1.41 bits per heavy atom. The zero-order valence-electron chi connectivity index (χ0n) is 9.64. The van der Waals surface area contributed by atoms with Gasteiger partial charge in [-0.25, -0.2) is 15.8 Å². The molecular formula is C9H17N5O2S. The molecule has 0 aliphatic rings. The summed E-state index contributed by atoms with van der Waals surface area (Å²) in [6.07, 6.45) is 1.89. The molecule has 96 valence electrons. The number of nitrogens with one attached hydrogen (secondary N) is 2. The van der Waals surface area contributed by atoms with Crippen molar-refractivity contribution in [2.75, 3.05) is 43.4 Å². The lowest BCUT2D eigenvalue weighted by Crippen LogP contribution is -2.14. The lowest BCUT2D eigenvalue weighted by molar-refractivity contribution is 0.0992. The Bertz CT molecular complexity index is 317. The normalized spacial score (nSPS) is 10.3. The second-order valence-corrected chi connectivity index (χ2v) is 3.81. The van der Waals surface area contributed by atoms with E-state index in [1.165, 1.54) is 11.8 Å². The second-order valence-electron chi connectivity index (χ2n) is 3.03. The molecule has 0 saturated carbocycles. The van der Waals surface area contributed by atoms with E-state index in [1.807, 2.05) is 6.26 Å². The predicted molar refractivity (Wildman–Crippen MR) is 68.0 cm³/mol. The molecule has 1 aromatic heterocycles. The lowest BCUT2D eigenvalue weighted by atomic mass is 10.5. The summed E-state index contributed by atoms with van der Waals surface area (Å²) in [6.45, 7) is 1.49. The van der Waals surface area contributed by atoms with Crippen LogP contribution in [-0.2, 0) is 4.74 Å². The van der Waals surface area contributed by atoms with Crippen LogP contribution in [0.4, 0.5) is 11.6 Å². The van der Waals surface area contributed by atoms with Crippen LogP contribution < -0.4 is 16.6 Å². The monoisotopic (exact) mass is 259 g/mol. The number of nitrogen functional groups attached to an aromatic ring is 1. The van der Waals surface area contributed by atoms with Gasteiger partial charge in [-0.1, -0.05) is 11.8 Å². The van der Waals surface area contributed by atoms with Gasteiger partial charge in [0, 0.05) is 12.6 Å². The second kappa shape index (κ2) is 8.07. The Labute approximate surface area is 104 Å². The highest BCUT2D eigenvalue weighted by molar-refractivity contribution is 7.98. The molecule has 8 heteroatoms. The third-order valence-electron chi connectivity index (χ3n) is 1.82. The van der Waals surface area contributed by atoms with Crippen LogP contribution >= 0.6 is 11.8 Å². The molecule has 0 radical (unpaired) electrons. The molecule has 0 unspecified atom stereocenters. The average molecular weight is 259 g/mol. The summed E-state index contributed by atoms with van der Waals surface area (Å²) in [5.41, 5.74) is 2.48. The smallest absolute Gasteiger partial charge is 0.191 e. The first-order chi connectivity index (χ1) is 8.30. The van der Waals surface area contributed by atoms with E-state index in [0.29, 0.717) is 36.6 Å². The molecule has 0 bridgehead atoms. The summed E-state index contributed by atoms with van der Waals surface area (Å²) < 4.78 is 5.12. The highest BCUT2D eigenvalue weighted by Crippen LogP contribution is 2.16. The topological polar surface area (TPSA) is 105 Å². The van der Waals surface area contributed by atoms with Crippen LogP contribution in [0.1, 0.15) is 0 Å². The summed E-state index contributed by atoms with van der Waals surface area (Å²) in [6, 6.07) is 1.71. The van der Waals surface area contributed by atoms with Crippen LogP contribution in [0.15, 0.2) is 11.2 Å². The minimum atomic E-state index is 0.0331. The van der Waals surface area contributed by atoms with Crippen molar-refractivity contribution < 1.29 is 9.84 Å². The maximum Gasteiger partial charge on any atom is 0.191 e. The van der Waals surface area contributed by atoms with Gasteiger partial charge in [0.2, 0.25) is 0 Å². The quantitative estimate of drug-likeness (QED) is 0.169. The van der Waals surface area contributed by atoms with Crippen molar-refractivity contribution >= 4 is 23.4 Å². The molecule has 1 rings (SSSR count). The van der Waals surface area contributed by atoms with Gasteiger partial charge >= 0.3 is 0 Å². The third kappa shape index (κ3) is 5.18. The van der Waals surface area contributed by atoms with Crippen LogP contribution in [0, 0.1) is 0 Å². The molecule has 17 heavy (non-hydrogen) atoms. The zero-order chi connectivity index (χ0) is 12.5. The van der Waals surface area contributed by atoms with E-state index in [4.69, 9.17) is 15.7 Å². The van der Waals surface area contributed by atoms with Crippen LogP contribution in [0.3, 0.4) is 0 Å². The molecular weight excluding hydrogens is 242 g/mol. The summed E-state index contributed by atoms with van der Waals surface area (Å²) in [5, 5.41) is 12.3. The molecule has 0 spiro atoms.